The van der Waals surface area contributed by atoms with E-state index < -0.39 is 0 Å². The van der Waals surface area contributed by atoms with E-state index in [4.69, 9.17) is 14.2 Å². The van der Waals surface area contributed by atoms with E-state index in [1.165, 1.54) is 17.8 Å². The van der Waals surface area contributed by atoms with E-state index in [2.05, 4.69) is 20.8 Å². The number of thioether (sulfide) groups is 1. The number of carbonyl (C=O) groups excluding carboxylic acids is 2. The van der Waals surface area contributed by atoms with Crippen LogP contribution in [0.2, 0.25) is 0 Å². The molecular formula is C25H29N5O5S. The molecule has 2 aromatic carbocycles. The molecule has 0 aliphatic carbocycles. The zero-order valence-corrected chi connectivity index (χ0v) is 21.4. The Hall–Kier alpha value is -3.99. The molecule has 0 aliphatic rings. The molecule has 1 heterocycles. The second-order valence-corrected chi connectivity index (χ2v) is 8.32. The Morgan fingerprint density at radius 1 is 1.00 bits per heavy atom. The normalized spacial score (nSPS) is 10.8. The molecule has 0 unspecified atom stereocenters. The first-order valence-electron chi connectivity index (χ1n) is 11.1. The smallest absolute Gasteiger partial charge is 0.244 e. The lowest BCUT2D eigenvalue weighted by molar-refractivity contribution is -0.116. The van der Waals surface area contributed by atoms with Crippen LogP contribution in [0.4, 0.5) is 5.69 Å². The average Bonchev–Trinajstić information content (AvgIpc) is 3.31. The lowest BCUT2D eigenvalue weighted by atomic mass is 10.2. The second-order valence-electron chi connectivity index (χ2n) is 7.37. The van der Waals surface area contributed by atoms with Gasteiger partial charge in [-0.2, -0.15) is 0 Å². The minimum Gasteiger partial charge on any atom is -0.497 e. The van der Waals surface area contributed by atoms with Gasteiger partial charge in [-0.15, -0.1) is 10.2 Å². The number of hydrogen-bond acceptors (Lipinski definition) is 8. The monoisotopic (exact) mass is 511 g/mol. The molecule has 0 spiro atoms. The number of ether oxygens (including phenoxy) is 3. The largest absolute Gasteiger partial charge is 0.497 e. The van der Waals surface area contributed by atoms with Crippen molar-refractivity contribution in [2.45, 2.75) is 25.2 Å². The van der Waals surface area contributed by atoms with E-state index in [1.54, 1.807) is 63.8 Å². The maximum absolute atomic E-state index is 12.3. The van der Waals surface area contributed by atoms with Gasteiger partial charge >= 0.3 is 0 Å². The number of hydrogen-bond donors (Lipinski definition) is 2. The van der Waals surface area contributed by atoms with Crippen LogP contribution in [0.15, 0.2) is 53.7 Å². The molecule has 0 atom stereocenters. The Morgan fingerprint density at radius 2 is 1.75 bits per heavy atom. The lowest BCUT2D eigenvalue weighted by Gasteiger charge is -2.09. The van der Waals surface area contributed by atoms with Gasteiger partial charge in [-0.05, 0) is 55.0 Å². The molecule has 2 N–H and O–H groups in total. The van der Waals surface area contributed by atoms with Crippen molar-refractivity contribution in [3.63, 3.8) is 0 Å². The summed E-state index contributed by atoms with van der Waals surface area (Å²) in [5.41, 5.74) is 1.48. The Kier molecular flexibility index (Phi) is 9.75. The van der Waals surface area contributed by atoms with Crippen molar-refractivity contribution in [2.24, 2.45) is 0 Å². The van der Waals surface area contributed by atoms with Crippen molar-refractivity contribution in [1.82, 2.24) is 20.1 Å². The van der Waals surface area contributed by atoms with Crippen molar-refractivity contribution in [3.8, 4) is 17.2 Å². The summed E-state index contributed by atoms with van der Waals surface area (Å²) in [5.74, 6) is 2.25. The van der Waals surface area contributed by atoms with E-state index in [9.17, 15) is 9.59 Å². The molecule has 0 aliphatic heterocycles. The van der Waals surface area contributed by atoms with Crippen LogP contribution in [0.5, 0.6) is 17.2 Å². The number of nitrogens with zero attached hydrogens (tertiary/aromatic N) is 3. The lowest BCUT2D eigenvalue weighted by Crippen LogP contribution is -2.22. The van der Waals surface area contributed by atoms with Gasteiger partial charge in [-0.1, -0.05) is 17.8 Å². The van der Waals surface area contributed by atoms with Crippen LogP contribution in [-0.4, -0.2) is 53.7 Å². The van der Waals surface area contributed by atoms with Gasteiger partial charge in [0, 0.05) is 18.3 Å². The SMILES string of the molecule is CCn1c(CNC(=O)C=Cc2ccc(OC)c(OC)c2)nnc1SCC(=O)Nc1ccc(OC)cc1. The topological polar surface area (TPSA) is 117 Å². The molecule has 36 heavy (non-hydrogen) atoms. The molecule has 2 amide bonds. The maximum atomic E-state index is 12.3. The summed E-state index contributed by atoms with van der Waals surface area (Å²) < 4.78 is 17.5. The molecule has 1 aromatic heterocycles. The average molecular weight is 512 g/mol. The predicted molar refractivity (Wildman–Crippen MR) is 138 cm³/mol. The fourth-order valence-electron chi connectivity index (χ4n) is 3.23. The molecule has 0 bridgehead atoms. The Morgan fingerprint density at radius 3 is 2.42 bits per heavy atom. The van der Waals surface area contributed by atoms with Crippen LogP contribution >= 0.6 is 11.8 Å². The highest BCUT2D eigenvalue weighted by molar-refractivity contribution is 7.99. The zero-order chi connectivity index (χ0) is 25.9. The highest BCUT2D eigenvalue weighted by Gasteiger charge is 2.14. The third kappa shape index (κ3) is 7.25. The van der Waals surface area contributed by atoms with E-state index in [0.29, 0.717) is 34.7 Å². The van der Waals surface area contributed by atoms with Gasteiger partial charge in [0.15, 0.2) is 22.5 Å². The third-order valence-corrected chi connectivity index (χ3v) is 6.04. The highest BCUT2D eigenvalue weighted by atomic mass is 32.2. The first-order chi connectivity index (χ1) is 17.5. The Balaban J connectivity index is 1.52. The van der Waals surface area contributed by atoms with Crippen molar-refractivity contribution in [2.75, 3.05) is 32.4 Å². The van der Waals surface area contributed by atoms with E-state index in [-0.39, 0.29) is 24.1 Å². The number of carbonyl (C=O) groups is 2. The molecule has 190 valence electrons. The summed E-state index contributed by atoms with van der Waals surface area (Å²) in [7, 11) is 4.71. The number of anilines is 1. The number of amides is 2. The first-order valence-corrected chi connectivity index (χ1v) is 12.1. The van der Waals surface area contributed by atoms with E-state index >= 15 is 0 Å². The summed E-state index contributed by atoms with van der Waals surface area (Å²) in [5, 5.41) is 14.6. The van der Waals surface area contributed by atoms with Crippen LogP contribution in [-0.2, 0) is 22.7 Å². The summed E-state index contributed by atoms with van der Waals surface area (Å²) in [6, 6.07) is 12.5. The van der Waals surface area contributed by atoms with Crippen LogP contribution in [0.3, 0.4) is 0 Å². The number of rotatable bonds is 12. The molecule has 3 aromatic rings. The maximum Gasteiger partial charge on any atom is 0.244 e. The van der Waals surface area contributed by atoms with Gasteiger partial charge in [0.1, 0.15) is 5.75 Å². The number of nitrogens with one attached hydrogen (secondary N) is 2. The summed E-state index contributed by atoms with van der Waals surface area (Å²) in [6.45, 7) is 2.75. The van der Waals surface area contributed by atoms with Gasteiger partial charge in [-0.3, -0.25) is 9.59 Å². The first kappa shape index (κ1) is 26.6. The minimum absolute atomic E-state index is 0.161. The van der Waals surface area contributed by atoms with Crippen LogP contribution < -0.4 is 24.8 Å². The van der Waals surface area contributed by atoms with Crippen LogP contribution in [0, 0.1) is 0 Å². The molecule has 11 heteroatoms. The second kappa shape index (κ2) is 13.2. The van der Waals surface area contributed by atoms with Crippen LogP contribution in [0.25, 0.3) is 6.08 Å². The van der Waals surface area contributed by atoms with Crippen LogP contribution in [0.1, 0.15) is 18.3 Å². The zero-order valence-electron chi connectivity index (χ0n) is 20.6. The molecule has 0 saturated carbocycles. The molecular weight excluding hydrogens is 482 g/mol. The van der Waals surface area contributed by atoms with E-state index in [0.717, 1.165) is 11.3 Å². The summed E-state index contributed by atoms with van der Waals surface area (Å²) in [6.07, 6.45) is 3.12. The highest BCUT2D eigenvalue weighted by Crippen LogP contribution is 2.28. The molecule has 0 radical (unpaired) electrons. The fourth-order valence-corrected chi connectivity index (χ4v) is 4.05. The standard InChI is InChI=1S/C25H29N5O5S/c1-5-30-22(15-26-23(31)13-7-17-6-12-20(34-3)21(14-17)35-4)28-29-25(30)36-16-24(32)27-18-8-10-19(33-2)11-9-18/h6-14H,5,15-16H2,1-4H3,(H,26,31)(H,27,32). The van der Waals surface area contributed by atoms with Crippen molar-refractivity contribution < 1.29 is 23.8 Å². The predicted octanol–water partition coefficient (Wildman–Crippen LogP) is 3.38. The Bertz CT molecular complexity index is 1210. The molecule has 3 rings (SSSR count). The van der Waals surface area contributed by atoms with Crippen molar-refractivity contribution in [1.29, 1.82) is 0 Å². The van der Waals surface area contributed by atoms with Gasteiger partial charge in [0.05, 0.1) is 33.6 Å². The van der Waals surface area contributed by atoms with Gasteiger partial charge < -0.3 is 29.4 Å². The number of aromatic nitrogens is 3. The summed E-state index contributed by atoms with van der Waals surface area (Å²) in [4.78, 5) is 24.7. The summed E-state index contributed by atoms with van der Waals surface area (Å²) >= 11 is 1.28. The van der Waals surface area contributed by atoms with Gasteiger partial charge in [-0.25, -0.2) is 0 Å². The molecule has 10 nitrogen and oxygen atoms in total. The fraction of sp³-hybridized carbons (Fsp3) is 0.280. The quantitative estimate of drug-likeness (QED) is 0.281. The molecule has 0 saturated heterocycles. The van der Waals surface area contributed by atoms with Gasteiger partial charge in [0.25, 0.3) is 0 Å². The van der Waals surface area contributed by atoms with Crippen molar-refractivity contribution in [3.05, 3.63) is 59.9 Å². The number of benzene rings is 2. The third-order valence-electron chi connectivity index (χ3n) is 5.07. The number of methoxy groups -OCH3 is 3. The Labute approximate surface area is 214 Å². The molecule has 0 fully saturated rings. The minimum atomic E-state index is -0.275. The van der Waals surface area contributed by atoms with Crippen molar-refractivity contribution >= 4 is 35.3 Å². The van der Waals surface area contributed by atoms with Gasteiger partial charge in [0.2, 0.25) is 11.8 Å². The van der Waals surface area contributed by atoms with E-state index in [1.807, 2.05) is 17.6 Å².